The Morgan fingerprint density at radius 3 is 2.36 bits per heavy atom. The summed E-state index contributed by atoms with van der Waals surface area (Å²) in [5.41, 5.74) is 5.69. The van der Waals surface area contributed by atoms with Gasteiger partial charge in [0.2, 0.25) is 0 Å². The van der Waals surface area contributed by atoms with Crippen LogP contribution in [0.25, 0.3) is 0 Å². The highest BCUT2D eigenvalue weighted by atomic mass is 32.2. The summed E-state index contributed by atoms with van der Waals surface area (Å²) in [6, 6.07) is 0. The molecule has 11 heavy (non-hydrogen) atoms. The van der Waals surface area contributed by atoms with Gasteiger partial charge in [-0.15, -0.1) is 0 Å². The fourth-order valence-corrected chi connectivity index (χ4v) is 1.71. The Hall–Kier alpha value is 0.110. The maximum absolute atomic E-state index is 11.0. The van der Waals surface area contributed by atoms with Crippen LogP contribution in [0.4, 0.5) is 0 Å². The molecule has 0 bridgehead atoms. The SMILES string of the molecule is CCS(=O)CCC(C)(C)CN. The van der Waals surface area contributed by atoms with Crippen LogP contribution < -0.4 is 5.73 Å². The van der Waals surface area contributed by atoms with E-state index in [4.69, 9.17) is 5.73 Å². The minimum Gasteiger partial charge on any atom is -0.330 e. The summed E-state index contributed by atoms with van der Waals surface area (Å²) in [6.07, 6.45) is 0.962. The Kier molecular flexibility index (Phi) is 4.93. The third kappa shape index (κ3) is 5.39. The van der Waals surface area contributed by atoms with E-state index in [0.717, 1.165) is 17.9 Å². The third-order valence-corrected chi connectivity index (χ3v) is 3.18. The van der Waals surface area contributed by atoms with Gasteiger partial charge in [-0.3, -0.25) is 4.21 Å². The lowest BCUT2D eigenvalue weighted by Gasteiger charge is -2.21. The minimum atomic E-state index is -0.631. The van der Waals surface area contributed by atoms with Crippen molar-refractivity contribution in [1.29, 1.82) is 0 Å². The second-order valence-corrected chi connectivity index (χ2v) is 5.42. The van der Waals surface area contributed by atoms with Crippen molar-refractivity contribution in [1.82, 2.24) is 0 Å². The molecule has 0 aliphatic rings. The lowest BCUT2D eigenvalue weighted by Crippen LogP contribution is -2.25. The van der Waals surface area contributed by atoms with Crippen molar-refractivity contribution in [3.63, 3.8) is 0 Å². The van der Waals surface area contributed by atoms with E-state index in [0.29, 0.717) is 6.54 Å². The van der Waals surface area contributed by atoms with Gasteiger partial charge in [0, 0.05) is 22.3 Å². The monoisotopic (exact) mass is 177 g/mol. The van der Waals surface area contributed by atoms with Gasteiger partial charge in [-0.25, -0.2) is 0 Å². The molecule has 0 aromatic rings. The molecule has 0 amide bonds. The van der Waals surface area contributed by atoms with E-state index < -0.39 is 10.8 Å². The van der Waals surface area contributed by atoms with Gasteiger partial charge in [0.25, 0.3) is 0 Å². The van der Waals surface area contributed by atoms with Crippen molar-refractivity contribution in [2.45, 2.75) is 27.2 Å². The first-order chi connectivity index (χ1) is 5.02. The van der Waals surface area contributed by atoms with Crippen LogP contribution >= 0.6 is 0 Å². The van der Waals surface area contributed by atoms with Crippen LogP contribution in [-0.2, 0) is 10.8 Å². The lowest BCUT2D eigenvalue weighted by atomic mass is 9.91. The van der Waals surface area contributed by atoms with Crippen LogP contribution in [0.15, 0.2) is 0 Å². The topological polar surface area (TPSA) is 43.1 Å². The van der Waals surface area contributed by atoms with Crippen LogP contribution in [0, 0.1) is 5.41 Å². The van der Waals surface area contributed by atoms with E-state index >= 15 is 0 Å². The Labute approximate surface area is 72.0 Å². The van der Waals surface area contributed by atoms with Crippen molar-refractivity contribution in [3.05, 3.63) is 0 Å². The average Bonchev–Trinajstić information content (AvgIpc) is 2.00. The molecule has 0 saturated carbocycles. The summed E-state index contributed by atoms with van der Waals surface area (Å²) in [4.78, 5) is 0. The zero-order chi connectivity index (χ0) is 8.91. The van der Waals surface area contributed by atoms with Gasteiger partial charge in [-0.1, -0.05) is 20.8 Å². The van der Waals surface area contributed by atoms with Crippen LogP contribution in [0.1, 0.15) is 27.2 Å². The molecule has 0 rings (SSSR count). The molecule has 2 N–H and O–H groups in total. The second kappa shape index (κ2) is 4.88. The molecule has 0 aromatic heterocycles. The van der Waals surface area contributed by atoms with E-state index in [-0.39, 0.29) is 5.41 Å². The number of rotatable bonds is 5. The summed E-state index contributed by atoms with van der Waals surface area (Å²) < 4.78 is 11.0. The van der Waals surface area contributed by atoms with Crippen molar-refractivity contribution >= 4 is 10.8 Å². The van der Waals surface area contributed by atoms with E-state index in [9.17, 15) is 4.21 Å². The molecular formula is C8H19NOS. The van der Waals surface area contributed by atoms with Gasteiger partial charge in [0.1, 0.15) is 0 Å². The first-order valence-corrected chi connectivity index (χ1v) is 5.55. The summed E-state index contributed by atoms with van der Waals surface area (Å²) in [7, 11) is -0.631. The zero-order valence-corrected chi connectivity index (χ0v) is 8.54. The van der Waals surface area contributed by atoms with Gasteiger partial charge in [0.05, 0.1) is 0 Å². The molecule has 3 heteroatoms. The van der Waals surface area contributed by atoms with Crippen LogP contribution in [0.5, 0.6) is 0 Å². The number of nitrogens with two attached hydrogens (primary N) is 1. The first-order valence-electron chi connectivity index (χ1n) is 4.07. The quantitative estimate of drug-likeness (QED) is 0.684. The van der Waals surface area contributed by atoms with Gasteiger partial charge in [-0.05, 0) is 18.4 Å². The Bertz CT molecular complexity index is 134. The molecular weight excluding hydrogens is 158 g/mol. The fraction of sp³-hybridized carbons (Fsp3) is 1.00. The van der Waals surface area contributed by atoms with Crippen molar-refractivity contribution in [2.24, 2.45) is 11.1 Å². The Morgan fingerprint density at radius 2 is 2.00 bits per heavy atom. The van der Waals surface area contributed by atoms with E-state index in [1.54, 1.807) is 0 Å². The highest BCUT2D eigenvalue weighted by Crippen LogP contribution is 2.18. The summed E-state index contributed by atoms with van der Waals surface area (Å²) in [5, 5.41) is 0. The minimum absolute atomic E-state index is 0.158. The molecule has 0 aliphatic heterocycles. The third-order valence-electron chi connectivity index (χ3n) is 1.88. The molecule has 0 aromatic carbocycles. The van der Waals surface area contributed by atoms with Gasteiger partial charge in [-0.2, -0.15) is 0 Å². The molecule has 0 radical (unpaired) electrons. The first kappa shape index (κ1) is 11.1. The van der Waals surface area contributed by atoms with E-state index in [2.05, 4.69) is 13.8 Å². The maximum Gasteiger partial charge on any atom is 0.0240 e. The summed E-state index contributed by atoms with van der Waals surface area (Å²) in [5.74, 6) is 1.56. The van der Waals surface area contributed by atoms with Crippen molar-refractivity contribution in [2.75, 3.05) is 18.1 Å². The molecule has 0 aliphatic carbocycles. The normalized spacial score (nSPS) is 14.9. The molecule has 0 heterocycles. The molecule has 0 fully saturated rings. The van der Waals surface area contributed by atoms with Crippen LogP contribution in [0.3, 0.4) is 0 Å². The highest BCUT2D eigenvalue weighted by molar-refractivity contribution is 7.84. The number of hydrogen-bond acceptors (Lipinski definition) is 2. The summed E-state index contributed by atoms with van der Waals surface area (Å²) >= 11 is 0. The number of hydrogen-bond donors (Lipinski definition) is 1. The predicted octanol–water partition coefficient (Wildman–Crippen LogP) is 1.13. The molecule has 0 spiro atoms. The van der Waals surface area contributed by atoms with Crippen molar-refractivity contribution < 1.29 is 4.21 Å². The van der Waals surface area contributed by atoms with Gasteiger partial charge in [0.15, 0.2) is 0 Å². The van der Waals surface area contributed by atoms with Crippen molar-refractivity contribution in [3.8, 4) is 0 Å². The lowest BCUT2D eigenvalue weighted by molar-refractivity contribution is 0.367. The molecule has 1 atom stereocenters. The van der Waals surface area contributed by atoms with Gasteiger partial charge < -0.3 is 5.73 Å². The average molecular weight is 177 g/mol. The molecule has 0 saturated heterocycles. The smallest absolute Gasteiger partial charge is 0.0240 e. The standard InChI is InChI=1S/C8H19NOS/c1-4-11(10)6-5-8(2,3)7-9/h4-7,9H2,1-3H3. The van der Waals surface area contributed by atoms with Crippen LogP contribution in [-0.4, -0.2) is 22.3 Å². The van der Waals surface area contributed by atoms with Crippen LogP contribution in [0.2, 0.25) is 0 Å². The largest absolute Gasteiger partial charge is 0.330 e. The van der Waals surface area contributed by atoms with E-state index in [1.165, 1.54) is 0 Å². The molecule has 2 nitrogen and oxygen atoms in total. The Morgan fingerprint density at radius 1 is 1.45 bits per heavy atom. The summed E-state index contributed by atoms with van der Waals surface area (Å²) in [6.45, 7) is 6.85. The molecule has 1 unspecified atom stereocenters. The fourth-order valence-electron chi connectivity index (χ4n) is 0.637. The second-order valence-electron chi connectivity index (χ2n) is 3.55. The highest BCUT2D eigenvalue weighted by Gasteiger charge is 2.15. The predicted molar refractivity (Wildman–Crippen MR) is 51.0 cm³/mol. The Balaban J connectivity index is 3.61. The van der Waals surface area contributed by atoms with Gasteiger partial charge >= 0.3 is 0 Å². The van der Waals surface area contributed by atoms with E-state index in [1.807, 2.05) is 6.92 Å². The molecule has 68 valence electrons. The maximum atomic E-state index is 11.0. The zero-order valence-electron chi connectivity index (χ0n) is 7.72.